The second-order valence-corrected chi connectivity index (χ2v) is 7.84. The van der Waals surface area contributed by atoms with Crippen molar-refractivity contribution in [1.29, 1.82) is 0 Å². The first-order chi connectivity index (χ1) is 16.1. The maximum absolute atomic E-state index is 13.3. The van der Waals surface area contributed by atoms with Crippen LogP contribution >= 0.6 is 0 Å². The highest BCUT2D eigenvalue weighted by molar-refractivity contribution is 6.51. The van der Waals surface area contributed by atoms with Gasteiger partial charge in [-0.25, -0.2) is 0 Å². The molecular formula is C28H21NO4. The van der Waals surface area contributed by atoms with Crippen LogP contribution in [0.2, 0.25) is 0 Å². The van der Waals surface area contributed by atoms with Crippen molar-refractivity contribution in [2.24, 2.45) is 0 Å². The number of nitrogens with zero attached hydrogens (tertiary/aromatic N) is 1. The molecule has 0 aromatic heterocycles. The first-order valence-electron chi connectivity index (χ1n) is 10.6. The van der Waals surface area contributed by atoms with Gasteiger partial charge in [0.05, 0.1) is 18.7 Å². The molecule has 0 aliphatic carbocycles. The number of ketones is 1. The van der Waals surface area contributed by atoms with E-state index in [2.05, 4.69) is 0 Å². The van der Waals surface area contributed by atoms with Crippen LogP contribution in [0.15, 0.2) is 103 Å². The first kappa shape index (κ1) is 20.5. The molecule has 1 aliphatic rings. The number of aliphatic hydroxyl groups excluding tert-OH is 1. The van der Waals surface area contributed by atoms with Gasteiger partial charge in [-0.15, -0.1) is 0 Å². The molecule has 1 aliphatic heterocycles. The van der Waals surface area contributed by atoms with E-state index in [1.807, 2.05) is 66.7 Å². The third kappa shape index (κ3) is 3.53. The highest BCUT2D eigenvalue weighted by Crippen LogP contribution is 2.42. The van der Waals surface area contributed by atoms with E-state index in [0.29, 0.717) is 17.0 Å². The van der Waals surface area contributed by atoms with Gasteiger partial charge < -0.3 is 9.84 Å². The minimum atomic E-state index is -0.773. The zero-order valence-electron chi connectivity index (χ0n) is 17.9. The number of fused-ring (bicyclic) bond motifs is 1. The summed E-state index contributed by atoms with van der Waals surface area (Å²) in [6.07, 6.45) is 0. The highest BCUT2D eigenvalue weighted by Gasteiger charge is 2.47. The van der Waals surface area contributed by atoms with E-state index in [9.17, 15) is 14.7 Å². The average molecular weight is 435 g/mol. The number of hydrogen-bond donors (Lipinski definition) is 1. The van der Waals surface area contributed by atoms with Crippen molar-refractivity contribution in [2.75, 3.05) is 12.0 Å². The minimum absolute atomic E-state index is 0.0595. The van der Waals surface area contributed by atoms with Crippen molar-refractivity contribution in [3.05, 3.63) is 114 Å². The van der Waals surface area contributed by atoms with Gasteiger partial charge in [0.15, 0.2) is 0 Å². The van der Waals surface area contributed by atoms with E-state index in [1.165, 1.54) is 4.90 Å². The van der Waals surface area contributed by atoms with Crippen molar-refractivity contribution >= 4 is 33.9 Å². The van der Waals surface area contributed by atoms with Crippen molar-refractivity contribution in [2.45, 2.75) is 6.04 Å². The molecule has 1 fully saturated rings. The number of ether oxygens (including phenoxy) is 1. The molecule has 162 valence electrons. The Labute approximate surface area is 191 Å². The van der Waals surface area contributed by atoms with Crippen LogP contribution in [-0.2, 0) is 9.59 Å². The maximum atomic E-state index is 13.3. The Morgan fingerprint density at radius 2 is 1.55 bits per heavy atom. The summed E-state index contributed by atoms with van der Waals surface area (Å²) in [5, 5.41) is 13.3. The predicted molar refractivity (Wildman–Crippen MR) is 128 cm³/mol. The fourth-order valence-electron chi connectivity index (χ4n) is 4.30. The Morgan fingerprint density at radius 1 is 0.818 bits per heavy atom. The molecule has 0 spiro atoms. The average Bonchev–Trinajstić information content (AvgIpc) is 3.14. The number of carbonyl (C=O) groups excluding carboxylic acids is 2. The van der Waals surface area contributed by atoms with Gasteiger partial charge in [-0.1, -0.05) is 72.8 Å². The second kappa shape index (κ2) is 8.28. The monoisotopic (exact) mass is 435 g/mol. The third-order valence-corrected chi connectivity index (χ3v) is 5.91. The summed E-state index contributed by atoms with van der Waals surface area (Å²) < 4.78 is 5.32. The Bertz CT molecular complexity index is 1410. The van der Waals surface area contributed by atoms with E-state index >= 15 is 0 Å². The number of hydrogen-bond acceptors (Lipinski definition) is 4. The van der Waals surface area contributed by atoms with Crippen molar-refractivity contribution in [1.82, 2.24) is 0 Å². The smallest absolute Gasteiger partial charge is 0.300 e. The van der Waals surface area contributed by atoms with Crippen LogP contribution in [0.5, 0.6) is 5.75 Å². The first-order valence-corrected chi connectivity index (χ1v) is 10.6. The number of benzene rings is 4. The Balaban J connectivity index is 1.72. The summed E-state index contributed by atoms with van der Waals surface area (Å²) in [5.74, 6) is -1.05. The molecule has 1 heterocycles. The number of Topliss-reactive ketones (excluding diaryl/α,β-unsaturated/α-hetero) is 1. The van der Waals surface area contributed by atoms with Gasteiger partial charge in [0.25, 0.3) is 11.7 Å². The van der Waals surface area contributed by atoms with Gasteiger partial charge in [-0.2, -0.15) is 0 Å². The van der Waals surface area contributed by atoms with Gasteiger partial charge in [0.1, 0.15) is 11.5 Å². The summed E-state index contributed by atoms with van der Waals surface area (Å²) in [7, 11) is 1.54. The van der Waals surface area contributed by atoms with Crippen LogP contribution in [-0.4, -0.2) is 23.9 Å². The third-order valence-electron chi connectivity index (χ3n) is 5.91. The van der Waals surface area contributed by atoms with Gasteiger partial charge in [0, 0.05) is 17.3 Å². The van der Waals surface area contributed by atoms with Crippen LogP contribution in [0.1, 0.15) is 17.2 Å². The number of amides is 1. The minimum Gasteiger partial charge on any atom is -0.507 e. The lowest BCUT2D eigenvalue weighted by Gasteiger charge is -2.25. The topological polar surface area (TPSA) is 66.8 Å². The molecule has 0 radical (unpaired) electrons. The van der Waals surface area contributed by atoms with Crippen LogP contribution in [0.4, 0.5) is 5.69 Å². The van der Waals surface area contributed by atoms with Crippen LogP contribution < -0.4 is 9.64 Å². The number of methoxy groups -OCH3 is 1. The zero-order chi connectivity index (χ0) is 22.9. The Hall–Kier alpha value is -4.38. The van der Waals surface area contributed by atoms with E-state index < -0.39 is 17.7 Å². The summed E-state index contributed by atoms with van der Waals surface area (Å²) in [6.45, 7) is 0. The number of aliphatic hydroxyl groups is 1. The molecule has 0 bridgehead atoms. The molecule has 5 nitrogen and oxygen atoms in total. The SMILES string of the molecule is COc1cccc(N2C(=O)C(=O)/C(=C(\O)c3ccc4ccccc4c3)C2c2ccccc2)c1. The molecule has 1 N–H and O–H groups in total. The van der Waals surface area contributed by atoms with E-state index in [-0.39, 0.29) is 11.3 Å². The lowest BCUT2D eigenvalue weighted by atomic mass is 9.94. The van der Waals surface area contributed by atoms with Crippen LogP contribution in [0.25, 0.3) is 16.5 Å². The van der Waals surface area contributed by atoms with Gasteiger partial charge in [0.2, 0.25) is 0 Å². The van der Waals surface area contributed by atoms with E-state index in [1.54, 1.807) is 37.4 Å². The second-order valence-electron chi connectivity index (χ2n) is 7.84. The number of anilines is 1. The van der Waals surface area contributed by atoms with E-state index in [4.69, 9.17) is 4.74 Å². The molecule has 4 aromatic rings. The molecular weight excluding hydrogens is 414 g/mol. The lowest BCUT2D eigenvalue weighted by Crippen LogP contribution is -2.29. The largest absolute Gasteiger partial charge is 0.507 e. The molecule has 1 atom stereocenters. The Morgan fingerprint density at radius 3 is 2.30 bits per heavy atom. The van der Waals surface area contributed by atoms with Crippen molar-refractivity contribution in [3.63, 3.8) is 0 Å². The summed E-state index contributed by atoms with van der Waals surface area (Å²) in [5.41, 5.74) is 1.78. The molecule has 1 saturated heterocycles. The summed E-state index contributed by atoms with van der Waals surface area (Å²) in [4.78, 5) is 27.9. The normalized spacial score (nSPS) is 17.5. The lowest BCUT2D eigenvalue weighted by molar-refractivity contribution is -0.132. The van der Waals surface area contributed by atoms with Crippen molar-refractivity contribution < 1.29 is 19.4 Å². The standard InChI is InChI=1S/C28H21NO4/c1-33-23-13-7-12-22(17-23)29-25(19-9-3-2-4-10-19)24(27(31)28(29)32)26(30)21-15-14-18-8-5-6-11-20(18)16-21/h2-17,25,30H,1H3/b26-24-. The van der Waals surface area contributed by atoms with Gasteiger partial charge in [-0.3, -0.25) is 14.5 Å². The van der Waals surface area contributed by atoms with Gasteiger partial charge >= 0.3 is 0 Å². The quantitative estimate of drug-likeness (QED) is 0.262. The number of rotatable bonds is 4. The van der Waals surface area contributed by atoms with Crippen LogP contribution in [0, 0.1) is 0 Å². The van der Waals surface area contributed by atoms with Crippen LogP contribution in [0.3, 0.4) is 0 Å². The molecule has 1 amide bonds. The van der Waals surface area contributed by atoms with Crippen molar-refractivity contribution in [3.8, 4) is 5.75 Å². The highest BCUT2D eigenvalue weighted by atomic mass is 16.5. The van der Waals surface area contributed by atoms with Gasteiger partial charge in [-0.05, 0) is 34.5 Å². The molecule has 5 rings (SSSR count). The number of carbonyl (C=O) groups is 2. The predicted octanol–water partition coefficient (Wildman–Crippen LogP) is 5.47. The fourth-order valence-corrected chi connectivity index (χ4v) is 4.30. The fraction of sp³-hybridized carbons (Fsp3) is 0.0714. The molecule has 0 saturated carbocycles. The molecule has 1 unspecified atom stereocenters. The summed E-state index contributed by atoms with van der Waals surface area (Å²) >= 11 is 0. The molecule has 5 heteroatoms. The Kier molecular flexibility index (Phi) is 5.15. The van der Waals surface area contributed by atoms with E-state index in [0.717, 1.165) is 16.3 Å². The molecule has 4 aromatic carbocycles. The maximum Gasteiger partial charge on any atom is 0.300 e. The summed E-state index contributed by atoms with van der Waals surface area (Å²) in [6, 6.07) is 28.7. The zero-order valence-corrected chi connectivity index (χ0v) is 17.9. The molecule has 33 heavy (non-hydrogen) atoms.